The van der Waals surface area contributed by atoms with Gasteiger partial charge in [-0.05, 0) is 134 Å². The number of benzene rings is 4. The Hall–Kier alpha value is -4.96. The van der Waals surface area contributed by atoms with Crippen molar-refractivity contribution in [3.63, 3.8) is 0 Å². The molecule has 3 aliphatic carbocycles. The van der Waals surface area contributed by atoms with Gasteiger partial charge in [-0.25, -0.2) is 0 Å². The fourth-order valence-electron chi connectivity index (χ4n) is 10.3. The topological polar surface area (TPSA) is 110 Å². The molecule has 9 nitrogen and oxygen atoms in total. The number of carbonyl (C=O) groups excluding carboxylic acids is 1. The van der Waals surface area contributed by atoms with Crippen molar-refractivity contribution in [2.75, 3.05) is 26.4 Å². The van der Waals surface area contributed by atoms with Gasteiger partial charge in [-0.2, -0.15) is 0 Å². The molecule has 4 aromatic carbocycles. The van der Waals surface area contributed by atoms with Gasteiger partial charge in [0.15, 0.2) is 0 Å². The molecule has 0 saturated heterocycles. The van der Waals surface area contributed by atoms with Crippen molar-refractivity contribution in [3.8, 4) is 17.2 Å². The van der Waals surface area contributed by atoms with E-state index in [0.717, 1.165) is 83.0 Å². The van der Waals surface area contributed by atoms with Crippen molar-refractivity contribution in [2.45, 2.75) is 103 Å². The van der Waals surface area contributed by atoms with Crippen LogP contribution in [0.4, 0.5) is 0 Å². The Morgan fingerprint density at radius 2 is 1.69 bits per heavy atom. The van der Waals surface area contributed by atoms with Crippen LogP contribution in [0.25, 0.3) is 10.8 Å². The predicted octanol–water partition coefficient (Wildman–Crippen LogP) is 10.3. The van der Waals surface area contributed by atoms with Gasteiger partial charge in [0.1, 0.15) is 29.9 Å². The number of aryl methyl sites for hydroxylation is 2. The Bertz CT molecular complexity index is 2260. The number of hydrogen-bond acceptors (Lipinski definition) is 8. The molecule has 2 saturated carbocycles. The predicted molar refractivity (Wildman–Crippen MR) is 240 cm³/mol. The van der Waals surface area contributed by atoms with Gasteiger partial charge in [0.05, 0.1) is 18.2 Å². The smallest absolute Gasteiger partial charge is 0.239 e. The SMILES string of the molecule is C=CCOC12Oc3ccc(Oc4ccc(C)c(C)c4)cc3C3C(CCCCO)C(CCCCO)C=C(C(=NOCC)CC1N(Cc1cccc4ccccc14)C(=O)C1CC1)C32. The van der Waals surface area contributed by atoms with E-state index in [4.69, 9.17) is 24.2 Å². The lowest BCUT2D eigenvalue weighted by Gasteiger charge is -2.60. The third-order valence-corrected chi connectivity index (χ3v) is 13.5. The first-order valence-corrected chi connectivity index (χ1v) is 22.5. The summed E-state index contributed by atoms with van der Waals surface area (Å²) >= 11 is 0. The molecule has 4 aromatic rings. The highest BCUT2D eigenvalue weighted by atomic mass is 16.7. The number of hydrogen-bond donors (Lipinski definition) is 2. The summed E-state index contributed by atoms with van der Waals surface area (Å²) in [6, 6.07) is 26.4. The normalized spacial score (nSPS) is 24.6. The first-order valence-electron chi connectivity index (χ1n) is 22.5. The number of amides is 1. The summed E-state index contributed by atoms with van der Waals surface area (Å²) in [5.41, 5.74) is 6.28. The summed E-state index contributed by atoms with van der Waals surface area (Å²) in [5, 5.41) is 27.1. The minimum atomic E-state index is -1.32. The maximum Gasteiger partial charge on any atom is 0.239 e. The summed E-state index contributed by atoms with van der Waals surface area (Å²) < 4.78 is 21.3. The minimum Gasteiger partial charge on any atom is -0.459 e. The molecule has 6 unspecified atom stereocenters. The van der Waals surface area contributed by atoms with Crippen LogP contribution in [0.3, 0.4) is 0 Å². The molecule has 8 rings (SSSR count). The maximum absolute atomic E-state index is 15.0. The summed E-state index contributed by atoms with van der Waals surface area (Å²) in [6.07, 6.45) is 11.1. The molecule has 4 aliphatic rings. The van der Waals surface area contributed by atoms with E-state index in [-0.39, 0.29) is 55.3 Å². The number of aliphatic hydroxyl groups is 2. The number of rotatable bonds is 19. The Morgan fingerprint density at radius 3 is 2.44 bits per heavy atom. The van der Waals surface area contributed by atoms with E-state index in [0.29, 0.717) is 43.9 Å². The van der Waals surface area contributed by atoms with E-state index < -0.39 is 11.8 Å². The third kappa shape index (κ3) is 8.75. The molecular formula is C52H62N2O7. The van der Waals surface area contributed by atoms with Crippen molar-refractivity contribution in [2.24, 2.45) is 28.8 Å². The third-order valence-electron chi connectivity index (χ3n) is 13.5. The lowest BCUT2D eigenvalue weighted by Crippen LogP contribution is -2.70. The van der Waals surface area contributed by atoms with Crippen molar-refractivity contribution in [3.05, 3.63) is 125 Å². The van der Waals surface area contributed by atoms with Gasteiger partial charge in [-0.15, -0.1) is 6.58 Å². The van der Waals surface area contributed by atoms with E-state index in [1.54, 1.807) is 6.08 Å². The zero-order chi connectivity index (χ0) is 42.5. The quantitative estimate of drug-likeness (QED) is 0.0550. The van der Waals surface area contributed by atoms with Crippen LogP contribution < -0.4 is 9.47 Å². The highest BCUT2D eigenvalue weighted by Crippen LogP contribution is 2.62. The average Bonchev–Trinajstić information content (AvgIpc) is 4.13. The minimum absolute atomic E-state index is 0.0686. The van der Waals surface area contributed by atoms with Gasteiger partial charge < -0.3 is 34.2 Å². The molecule has 322 valence electrons. The number of unbranched alkanes of at least 4 members (excludes halogenated alkanes) is 2. The Balaban J connectivity index is 1.34. The zero-order valence-corrected chi connectivity index (χ0v) is 36.1. The number of aliphatic hydroxyl groups excluding tert-OH is 2. The molecule has 2 fully saturated rings. The second-order valence-electron chi connectivity index (χ2n) is 17.4. The summed E-state index contributed by atoms with van der Waals surface area (Å²) in [6.45, 7) is 11.5. The summed E-state index contributed by atoms with van der Waals surface area (Å²) in [5.74, 6) is 0.623. The van der Waals surface area contributed by atoms with Crippen LogP contribution in [0.1, 0.15) is 92.9 Å². The molecule has 0 spiro atoms. The van der Waals surface area contributed by atoms with Crippen LogP contribution in [0.2, 0.25) is 0 Å². The molecule has 0 bridgehead atoms. The van der Waals surface area contributed by atoms with E-state index in [1.807, 2.05) is 36.1 Å². The first kappa shape index (κ1) is 42.7. The lowest BCUT2D eigenvalue weighted by molar-refractivity contribution is -0.258. The van der Waals surface area contributed by atoms with E-state index in [2.05, 4.69) is 81.1 Å². The Labute approximate surface area is 361 Å². The second-order valence-corrected chi connectivity index (χ2v) is 17.4. The molecule has 1 amide bonds. The molecular weight excluding hydrogens is 765 g/mol. The van der Waals surface area contributed by atoms with Gasteiger partial charge in [0.2, 0.25) is 11.7 Å². The van der Waals surface area contributed by atoms with Crippen LogP contribution in [-0.4, -0.2) is 65.0 Å². The zero-order valence-electron chi connectivity index (χ0n) is 36.1. The number of carbonyl (C=O) groups is 1. The van der Waals surface area contributed by atoms with Gasteiger partial charge in [0, 0.05) is 43.6 Å². The standard InChI is InChI=1S/C52H62N2O7/c1-5-28-58-52-48(54(51(57)37-21-22-37)33-39-17-13-16-36-14-7-8-18-42(36)39)32-46(53-59-6-2)44-30-38(15-9-11-26-55)43(19-10-12-27-56)49(50(44)52)45-31-41(24-25-47(45)61-52)60-40-23-20-34(3)35(4)29-40/h5,7-8,13-14,16-18,20,23-25,29-31,37-38,43,48-50,55-56H,1,6,9-12,15,19,21-22,26-28,32-33H2,2-4H3. The fourth-order valence-corrected chi connectivity index (χ4v) is 10.3. The molecule has 2 N–H and O–H groups in total. The largest absolute Gasteiger partial charge is 0.459 e. The van der Waals surface area contributed by atoms with Crippen LogP contribution in [0.5, 0.6) is 17.2 Å². The Kier molecular flexibility index (Phi) is 13.3. The monoisotopic (exact) mass is 826 g/mol. The molecule has 9 heteroatoms. The van der Waals surface area contributed by atoms with Crippen LogP contribution in [0.15, 0.2) is 108 Å². The molecule has 1 aliphatic heterocycles. The number of oxime groups is 1. The van der Waals surface area contributed by atoms with Crippen LogP contribution in [-0.2, 0) is 20.9 Å². The van der Waals surface area contributed by atoms with Crippen molar-refractivity contribution in [1.82, 2.24) is 4.90 Å². The number of nitrogens with zero attached hydrogens (tertiary/aromatic N) is 2. The molecule has 61 heavy (non-hydrogen) atoms. The van der Waals surface area contributed by atoms with Gasteiger partial charge in [-0.1, -0.05) is 78.7 Å². The molecule has 0 aromatic heterocycles. The lowest BCUT2D eigenvalue weighted by atomic mass is 9.55. The van der Waals surface area contributed by atoms with Crippen molar-refractivity contribution >= 4 is 22.4 Å². The average molecular weight is 827 g/mol. The van der Waals surface area contributed by atoms with E-state index >= 15 is 0 Å². The van der Waals surface area contributed by atoms with Crippen LogP contribution in [0, 0.1) is 37.5 Å². The molecule has 0 radical (unpaired) electrons. The number of ether oxygens (including phenoxy) is 3. The first-order chi connectivity index (χ1) is 29.8. The van der Waals surface area contributed by atoms with E-state index in [1.165, 1.54) is 5.56 Å². The Morgan fingerprint density at radius 1 is 0.934 bits per heavy atom. The fraction of sp³-hybridized carbons (Fsp3) is 0.462. The highest BCUT2D eigenvalue weighted by Gasteiger charge is 2.66. The second kappa shape index (κ2) is 19.0. The van der Waals surface area contributed by atoms with Crippen molar-refractivity contribution in [1.29, 1.82) is 0 Å². The van der Waals surface area contributed by atoms with Gasteiger partial charge in [-0.3, -0.25) is 4.79 Å². The molecule has 6 atom stereocenters. The molecule has 1 heterocycles. The number of allylic oxidation sites excluding steroid dienone is 1. The van der Waals surface area contributed by atoms with Crippen molar-refractivity contribution < 1.29 is 34.1 Å². The summed E-state index contributed by atoms with van der Waals surface area (Å²) in [7, 11) is 0. The summed E-state index contributed by atoms with van der Waals surface area (Å²) in [4.78, 5) is 23.0. The highest BCUT2D eigenvalue weighted by molar-refractivity contribution is 6.03. The number of fused-ring (bicyclic) bond motifs is 3. The van der Waals surface area contributed by atoms with Gasteiger partial charge >= 0.3 is 0 Å². The van der Waals surface area contributed by atoms with E-state index in [9.17, 15) is 15.0 Å². The van der Waals surface area contributed by atoms with Gasteiger partial charge in [0.25, 0.3) is 0 Å². The maximum atomic E-state index is 15.0. The van der Waals surface area contributed by atoms with Crippen LogP contribution >= 0.6 is 0 Å².